The van der Waals surface area contributed by atoms with Crippen LogP contribution in [0.25, 0.3) is 0 Å². The number of para-hydroxylation sites is 1. The Morgan fingerprint density at radius 2 is 2.10 bits per heavy atom. The molecule has 0 bridgehead atoms. The number of hydrogen-bond donors (Lipinski definition) is 2. The molecule has 1 amide bonds. The first-order chi connectivity index (χ1) is 9.65. The number of fused-ring (bicyclic) bond motifs is 1. The maximum absolute atomic E-state index is 12.4. The molecule has 2 N–H and O–H groups in total. The topological polar surface area (TPSA) is 53.0 Å². The molecule has 3 nitrogen and oxygen atoms in total. The summed E-state index contributed by atoms with van der Waals surface area (Å²) in [4.78, 5) is 12.4. The smallest absolute Gasteiger partial charge is 0.258 e. The Hall–Kier alpha value is -1.55. The number of amides is 1. The van der Waals surface area contributed by atoms with Gasteiger partial charge in [-0.3, -0.25) is 10.2 Å². The molecule has 0 saturated heterocycles. The molecule has 1 aromatic carbocycles. The first-order valence-electron chi connectivity index (χ1n) is 7.00. The highest BCUT2D eigenvalue weighted by atomic mass is 32.2. The van der Waals surface area contributed by atoms with E-state index in [9.17, 15) is 4.79 Å². The first-order valence-corrected chi connectivity index (χ1v) is 7.88. The van der Waals surface area contributed by atoms with E-state index in [1.165, 1.54) is 5.57 Å². The van der Waals surface area contributed by atoms with E-state index in [2.05, 4.69) is 12.2 Å². The molecule has 20 heavy (non-hydrogen) atoms. The lowest BCUT2D eigenvalue weighted by Gasteiger charge is -2.25. The fraction of sp³-hybridized carbons (Fsp3) is 0.375. The van der Waals surface area contributed by atoms with Crippen molar-refractivity contribution in [1.29, 1.82) is 5.41 Å². The molecular formula is C16H18N2OS. The quantitative estimate of drug-likeness (QED) is 0.868. The Balaban J connectivity index is 1.83. The van der Waals surface area contributed by atoms with Gasteiger partial charge in [0.2, 0.25) is 0 Å². The molecule has 0 aromatic heterocycles. The molecule has 0 radical (unpaired) electrons. The van der Waals surface area contributed by atoms with Crippen molar-refractivity contribution < 1.29 is 4.79 Å². The van der Waals surface area contributed by atoms with Gasteiger partial charge < -0.3 is 5.32 Å². The van der Waals surface area contributed by atoms with Crippen LogP contribution in [-0.4, -0.2) is 16.2 Å². The number of anilines is 1. The number of rotatable bonds is 2. The van der Waals surface area contributed by atoms with E-state index < -0.39 is 0 Å². The molecular weight excluding hydrogens is 268 g/mol. The number of nitrogens with one attached hydrogen (secondary N) is 2. The van der Waals surface area contributed by atoms with Crippen molar-refractivity contribution in [2.75, 3.05) is 5.32 Å². The minimum absolute atomic E-state index is 0.124. The SMILES string of the molecule is CC1CCC2=C(C(=O)Nc3ccccc3)C(=N)SC2C1. The lowest BCUT2D eigenvalue weighted by Crippen LogP contribution is -2.20. The molecule has 1 aromatic rings. The highest BCUT2D eigenvalue weighted by Gasteiger charge is 2.37. The van der Waals surface area contributed by atoms with E-state index in [0.717, 1.165) is 24.9 Å². The first kappa shape index (κ1) is 13.4. The van der Waals surface area contributed by atoms with Crippen molar-refractivity contribution in [3.8, 4) is 0 Å². The van der Waals surface area contributed by atoms with Crippen LogP contribution in [0.2, 0.25) is 0 Å². The van der Waals surface area contributed by atoms with Crippen LogP contribution >= 0.6 is 11.8 Å². The van der Waals surface area contributed by atoms with Crippen LogP contribution in [0.3, 0.4) is 0 Å². The summed E-state index contributed by atoms with van der Waals surface area (Å²) in [5, 5.41) is 11.8. The van der Waals surface area contributed by atoms with Gasteiger partial charge in [0.1, 0.15) is 5.04 Å². The highest BCUT2D eigenvalue weighted by Crippen LogP contribution is 2.44. The van der Waals surface area contributed by atoms with E-state index >= 15 is 0 Å². The Morgan fingerprint density at radius 1 is 1.35 bits per heavy atom. The molecule has 2 atom stereocenters. The van der Waals surface area contributed by atoms with Gasteiger partial charge in [-0.1, -0.05) is 36.9 Å². The minimum atomic E-state index is -0.124. The summed E-state index contributed by atoms with van der Waals surface area (Å²) in [5.74, 6) is 0.571. The fourth-order valence-electron chi connectivity index (χ4n) is 2.90. The second-order valence-electron chi connectivity index (χ2n) is 5.54. The van der Waals surface area contributed by atoms with Crippen molar-refractivity contribution in [2.45, 2.75) is 31.4 Å². The third kappa shape index (κ3) is 2.52. The van der Waals surface area contributed by atoms with E-state index in [1.54, 1.807) is 11.8 Å². The second-order valence-corrected chi connectivity index (χ2v) is 6.75. The molecule has 3 rings (SSSR count). The van der Waals surface area contributed by atoms with Gasteiger partial charge in [-0.15, -0.1) is 0 Å². The highest BCUT2D eigenvalue weighted by molar-refractivity contribution is 8.15. The van der Waals surface area contributed by atoms with E-state index in [1.807, 2.05) is 30.3 Å². The standard InChI is InChI=1S/C16H18N2OS/c1-10-7-8-12-13(9-10)20-15(17)14(12)16(19)18-11-5-3-2-4-6-11/h2-6,10,13,17H,7-9H2,1H3,(H,18,19). The maximum Gasteiger partial charge on any atom is 0.258 e. The van der Waals surface area contributed by atoms with Gasteiger partial charge in [0.05, 0.1) is 5.57 Å². The van der Waals surface area contributed by atoms with Gasteiger partial charge in [0.15, 0.2) is 0 Å². The zero-order valence-electron chi connectivity index (χ0n) is 11.5. The van der Waals surface area contributed by atoms with Gasteiger partial charge in [-0.2, -0.15) is 0 Å². The number of thioether (sulfide) groups is 1. The summed E-state index contributed by atoms with van der Waals surface area (Å²) >= 11 is 1.55. The molecule has 104 valence electrons. The zero-order chi connectivity index (χ0) is 14.1. The van der Waals surface area contributed by atoms with Crippen LogP contribution in [0.5, 0.6) is 0 Å². The Labute approximate surface area is 123 Å². The Morgan fingerprint density at radius 3 is 2.85 bits per heavy atom. The van der Waals surface area contributed by atoms with Gasteiger partial charge in [-0.25, -0.2) is 0 Å². The molecule has 2 aliphatic rings. The van der Waals surface area contributed by atoms with Crippen LogP contribution < -0.4 is 5.32 Å². The third-order valence-corrected chi connectivity index (χ3v) is 5.18. The number of hydrogen-bond acceptors (Lipinski definition) is 3. The molecule has 1 heterocycles. The fourth-order valence-corrected chi connectivity index (χ4v) is 4.33. The van der Waals surface area contributed by atoms with Gasteiger partial charge in [-0.05, 0) is 42.9 Å². The molecule has 1 fully saturated rings. The van der Waals surface area contributed by atoms with Gasteiger partial charge >= 0.3 is 0 Å². The lowest BCUT2D eigenvalue weighted by atomic mass is 9.84. The predicted octanol–water partition coefficient (Wildman–Crippen LogP) is 3.83. The van der Waals surface area contributed by atoms with Crippen LogP contribution in [0.15, 0.2) is 41.5 Å². The van der Waals surface area contributed by atoms with E-state index in [-0.39, 0.29) is 5.91 Å². The molecule has 1 aliphatic carbocycles. The van der Waals surface area contributed by atoms with Crippen molar-refractivity contribution in [2.24, 2.45) is 5.92 Å². The lowest BCUT2D eigenvalue weighted by molar-refractivity contribution is -0.112. The molecule has 1 aliphatic heterocycles. The molecule has 1 saturated carbocycles. The average Bonchev–Trinajstić information content (AvgIpc) is 2.74. The number of benzene rings is 1. The van der Waals surface area contributed by atoms with Crippen molar-refractivity contribution in [3.63, 3.8) is 0 Å². The summed E-state index contributed by atoms with van der Waals surface area (Å²) < 4.78 is 0. The molecule has 4 heteroatoms. The van der Waals surface area contributed by atoms with Crippen LogP contribution in [0.4, 0.5) is 5.69 Å². The summed E-state index contributed by atoms with van der Waals surface area (Å²) in [6.07, 6.45) is 3.17. The van der Waals surface area contributed by atoms with E-state index in [4.69, 9.17) is 5.41 Å². The third-order valence-electron chi connectivity index (χ3n) is 3.98. The largest absolute Gasteiger partial charge is 0.322 e. The van der Waals surface area contributed by atoms with Crippen molar-refractivity contribution in [1.82, 2.24) is 0 Å². The summed E-state index contributed by atoms with van der Waals surface area (Å²) in [5.41, 5.74) is 2.60. The Bertz CT molecular complexity index is 579. The summed E-state index contributed by atoms with van der Waals surface area (Å²) in [7, 11) is 0. The van der Waals surface area contributed by atoms with Crippen molar-refractivity contribution in [3.05, 3.63) is 41.5 Å². The summed E-state index contributed by atoms with van der Waals surface area (Å²) in [6, 6.07) is 9.45. The minimum Gasteiger partial charge on any atom is -0.322 e. The normalized spacial score (nSPS) is 25.6. The van der Waals surface area contributed by atoms with Crippen LogP contribution in [0.1, 0.15) is 26.2 Å². The molecule has 0 spiro atoms. The number of carbonyl (C=O) groups excluding carboxylic acids is 1. The average molecular weight is 286 g/mol. The van der Waals surface area contributed by atoms with Crippen molar-refractivity contribution >= 4 is 28.4 Å². The van der Waals surface area contributed by atoms with Gasteiger partial charge in [0.25, 0.3) is 5.91 Å². The van der Waals surface area contributed by atoms with Crippen LogP contribution in [0, 0.1) is 11.3 Å². The predicted molar refractivity (Wildman–Crippen MR) is 84.2 cm³/mol. The zero-order valence-corrected chi connectivity index (χ0v) is 12.3. The monoisotopic (exact) mass is 286 g/mol. The van der Waals surface area contributed by atoms with E-state index in [0.29, 0.717) is 21.8 Å². The maximum atomic E-state index is 12.4. The van der Waals surface area contributed by atoms with Crippen LogP contribution in [-0.2, 0) is 4.79 Å². The Kier molecular flexibility index (Phi) is 3.66. The summed E-state index contributed by atoms with van der Waals surface area (Å²) in [6.45, 7) is 2.25. The second kappa shape index (κ2) is 5.44. The molecule has 2 unspecified atom stereocenters. The van der Waals surface area contributed by atoms with Gasteiger partial charge in [0, 0.05) is 10.9 Å². The number of carbonyl (C=O) groups is 1.